The Labute approximate surface area is 80.9 Å². The fourth-order valence-corrected chi connectivity index (χ4v) is 1.08. The molecule has 14 heavy (non-hydrogen) atoms. The molecule has 2 N–H and O–H groups in total. The molecule has 72 valence electrons. The van der Waals surface area contributed by atoms with Crippen LogP contribution in [0.3, 0.4) is 0 Å². The van der Waals surface area contributed by atoms with E-state index in [0.717, 1.165) is 11.0 Å². The van der Waals surface area contributed by atoms with E-state index in [1.165, 1.54) is 0 Å². The van der Waals surface area contributed by atoms with Gasteiger partial charge in [-0.2, -0.15) is 4.98 Å². The van der Waals surface area contributed by atoms with E-state index in [0.29, 0.717) is 13.2 Å². The van der Waals surface area contributed by atoms with Crippen LogP contribution in [0.15, 0.2) is 24.3 Å². The predicted molar refractivity (Wildman–Crippen MR) is 51.9 cm³/mol. The normalized spacial score (nSPS) is 10.4. The summed E-state index contributed by atoms with van der Waals surface area (Å²) < 4.78 is 5.15. The third kappa shape index (κ3) is 1.77. The molecule has 0 radical (unpaired) electrons. The van der Waals surface area contributed by atoms with Crippen LogP contribution in [0.2, 0.25) is 0 Å². The summed E-state index contributed by atoms with van der Waals surface area (Å²) in [5.41, 5.74) is 6.82. The third-order valence-electron chi connectivity index (χ3n) is 1.69. The lowest BCUT2D eigenvalue weighted by atomic mass is 10.3. The Kier molecular flexibility index (Phi) is 2.51. The lowest BCUT2D eigenvalue weighted by Gasteiger charge is -2.01. The standard InChI is InChI=1S/C9H10N4O/c10-5-6-14-9-11-7-3-1-2-4-8(7)12-13-9/h1-4H,5-6,10H2. The van der Waals surface area contributed by atoms with Gasteiger partial charge < -0.3 is 10.5 Å². The minimum Gasteiger partial charge on any atom is -0.461 e. The molecule has 0 saturated heterocycles. The number of aromatic nitrogens is 3. The van der Waals surface area contributed by atoms with Crippen molar-refractivity contribution in [3.05, 3.63) is 24.3 Å². The Morgan fingerprint density at radius 3 is 2.71 bits per heavy atom. The molecule has 0 saturated carbocycles. The average molecular weight is 190 g/mol. The molecule has 2 aromatic rings. The molecule has 0 atom stereocenters. The number of hydrogen-bond donors (Lipinski definition) is 1. The second-order valence-electron chi connectivity index (χ2n) is 2.72. The zero-order valence-electron chi connectivity index (χ0n) is 7.55. The smallest absolute Gasteiger partial charge is 0.336 e. The van der Waals surface area contributed by atoms with Crippen molar-refractivity contribution < 1.29 is 4.74 Å². The van der Waals surface area contributed by atoms with Crippen molar-refractivity contribution in [1.29, 1.82) is 0 Å². The lowest BCUT2D eigenvalue weighted by molar-refractivity contribution is 0.299. The van der Waals surface area contributed by atoms with Gasteiger partial charge in [-0.15, -0.1) is 5.10 Å². The molecule has 0 aliphatic rings. The van der Waals surface area contributed by atoms with Crippen molar-refractivity contribution in [3.8, 4) is 6.01 Å². The van der Waals surface area contributed by atoms with Crippen LogP contribution in [0.1, 0.15) is 0 Å². The molecule has 0 fully saturated rings. The second kappa shape index (κ2) is 3.97. The van der Waals surface area contributed by atoms with E-state index >= 15 is 0 Å². The van der Waals surface area contributed by atoms with Gasteiger partial charge in [0, 0.05) is 6.54 Å². The summed E-state index contributed by atoms with van der Waals surface area (Å²) in [6, 6.07) is 7.76. The molecule has 0 unspecified atom stereocenters. The van der Waals surface area contributed by atoms with Gasteiger partial charge in [0.15, 0.2) is 0 Å². The summed E-state index contributed by atoms with van der Waals surface area (Å²) in [5, 5.41) is 7.76. The van der Waals surface area contributed by atoms with Crippen LogP contribution in [0, 0.1) is 0 Å². The van der Waals surface area contributed by atoms with Gasteiger partial charge in [-0.05, 0) is 12.1 Å². The second-order valence-corrected chi connectivity index (χ2v) is 2.72. The molecule has 2 rings (SSSR count). The summed E-state index contributed by atoms with van der Waals surface area (Å²) in [6.07, 6.45) is 0. The first-order valence-corrected chi connectivity index (χ1v) is 4.32. The minimum atomic E-state index is 0.272. The Balaban J connectivity index is 2.32. The summed E-state index contributed by atoms with van der Waals surface area (Å²) in [6.45, 7) is 0.843. The van der Waals surface area contributed by atoms with Gasteiger partial charge in [0.2, 0.25) is 0 Å². The highest BCUT2D eigenvalue weighted by molar-refractivity contribution is 5.73. The van der Waals surface area contributed by atoms with Gasteiger partial charge in [0.05, 0.1) is 5.52 Å². The van der Waals surface area contributed by atoms with E-state index in [-0.39, 0.29) is 6.01 Å². The quantitative estimate of drug-likeness (QED) is 0.756. The van der Waals surface area contributed by atoms with Crippen LogP contribution in [-0.2, 0) is 0 Å². The first kappa shape index (κ1) is 8.83. The van der Waals surface area contributed by atoms with Gasteiger partial charge in [-0.1, -0.05) is 17.2 Å². The Morgan fingerprint density at radius 2 is 1.93 bits per heavy atom. The fourth-order valence-electron chi connectivity index (χ4n) is 1.08. The molecule has 5 nitrogen and oxygen atoms in total. The number of benzene rings is 1. The third-order valence-corrected chi connectivity index (χ3v) is 1.69. The van der Waals surface area contributed by atoms with E-state index in [9.17, 15) is 0 Å². The molecule has 0 spiro atoms. The Morgan fingerprint density at radius 1 is 1.14 bits per heavy atom. The minimum absolute atomic E-state index is 0.272. The van der Waals surface area contributed by atoms with Gasteiger partial charge in [0.1, 0.15) is 12.1 Å². The van der Waals surface area contributed by atoms with Gasteiger partial charge >= 0.3 is 6.01 Å². The van der Waals surface area contributed by atoms with Crippen molar-refractivity contribution >= 4 is 11.0 Å². The highest BCUT2D eigenvalue weighted by Crippen LogP contribution is 2.09. The van der Waals surface area contributed by atoms with Crippen molar-refractivity contribution in [2.75, 3.05) is 13.2 Å². The molecule has 1 aromatic heterocycles. The number of hydrogen-bond acceptors (Lipinski definition) is 5. The van der Waals surface area contributed by atoms with Crippen LogP contribution in [0.5, 0.6) is 6.01 Å². The number of nitrogens with zero attached hydrogens (tertiary/aromatic N) is 3. The zero-order valence-corrected chi connectivity index (χ0v) is 7.55. The topological polar surface area (TPSA) is 73.9 Å². The van der Waals surface area contributed by atoms with Gasteiger partial charge in [-0.25, -0.2) is 0 Å². The maximum atomic E-state index is 5.29. The van der Waals surface area contributed by atoms with E-state index in [4.69, 9.17) is 10.5 Å². The van der Waals surface area contributed by atoms with Gasteiger partial charge in [-0.3, -0.25) is 0 Å². The SMILES string of the molecule is NCCOc1nnc2ccccc2n1. The first-order valence-electron chi connectivity index (χ1n) is 4.32. The van der Waals surface area contributed by atoms with Gasteiger partial charge in [0.25, 0.3) is 0 Å². The number of nitrogens with two attached hydrogens (primary N) is 1. The summed E-state index contributed by atoms with van der Waals surface area (Å²) in [5.74, 6) is 0. The first-order chi connectivity index (χ1) is 6.90. The van der Waals surface area contributed by atoms with Crippen molar-refractivity contribution in [2.24, 2.45) is 5.73 Å². The average Bonchev–Trinajstić information content (AvgIpc) is 2.26. The summed E-state index contributed by atoms with van der Waals surface area (Å²) in [7, 11) is 0. The van der Waals surface area contributed by atoms with Crippen molar-refractivity contribution in [1.82, 2.24) is 15.2 Å². The van der Waals surface area contributed by atoms with Crippen LogP contribution in [0.25, 0.3) is 11.0 Å². The number of ether oxygens (including phenoxy) is 1. The van der Waals surface area contributed by atoms with Crippen LogP contribution < -0.4 is 10.5 Å². The predicted octanol–water partition coefficient (Wildman–Crippen LogP) is 0.362. The molecule has 0 bridgehead atoms. The highest BCUT2D eigenvalue weighted by atomic mass is 16.5. The maximum absolute atomic E-state index is 5.29. The molecule has 0 aliphatic heterocycles. The fraction of sp³-hybridized carbons (Fsp3) is 0.222. The zero-order chi connectivity index (χ0) is 9.80. The van der Waals surface area contributed by atoms with Crippen LogP contribution >= 0.6 is 0 Å². The van der Waals surface area contributed by atoms with Crippen LogP contribution in [-0.4, -0.2) is 28.3 Å². The monoisotopic (exact) mass is 190 g/mol. The molecular weight excluding hydrogens is 180 g/mol. The summed E-state index contributed by atoms with van der Waals surface area (Å²) >= 11 is 0. The molecule has 1 aromatic carbocycles. The number of fused-ring (bicyclic) bond motifs is 1. The largest absolute Gasteiger partial charge is 0.461 e. The molecule has 1 heterocycles. The lowest BCUT2D eigenvalue weighted by Crippen LogP contribution is -2.12. The molecule has 0 aliphatic carbocycles. The number of para-hydroxylation sites is 1. The molecule has 5 heteroatoms. The van der Waals surface area contributed by atoms with E-state index < -0.39 is 0 Å². The van der Waals surface area contributed by atoms with E-state index in [2.05, 4.69) is 15.2 Å². The highest BCUT2D eigenvalue weighted by Gasteiger charge is 2.00. The van der Waals surface area contributed by atoms with Crippen molar-refractivity contribution in [2.45, 2.75) is 0 Å². The van der Waals surface area contributed by atoms with Crippen molar-refractivity contribution in [3.63, 3.8) is 0 Å². The molecule has 0 amide bonds. The maximum Gasteiger partial charge on any atom is 0.336 e. The van der Waals surface area contributed by atoms with Crippen LogP contribution in [0.4, 0.5) is 0 Å². The Bertz CT molecular complexity index is 432. The molecular formula is C9H10N4O. The van der Waals surface area contributed by atoms with E-state index in [1.54, 1.807) is 0 Å². The number of rotatable bonds is 3. The van der Waals surface area contributed by atoms with E-state index in [1.807, 2.05) is 24.3 Å². The Hall–Kier alpha value is -1.75. The summed E-state index contributed by atoms with van der Waals surface area (Å²) in [4.78, 5) is 4.16.